The highest BCUT2D eigenvalue weighted by Crippen LogP contribution is 2.01. The summed E-state index contributed by atoms with van der Waals surface area (Å²) in [4.78, 5) is 13.3. The third kappa shape index (κ3) is 2.85. The van der Waals surface area contributed by atoms with Gasteiger partial charge in [-0.1, -0.05) is 12.1 Å². The quantitative estimate of drug-likeness (QED) is 0.717. The van der Waals surface area contributed by atoms with Crippen LogP contribution in [0.3, 0.4) is 0 Å². The zero-order valence-electron chi connectivity index (χ0n) is 8.49. The molecule has 14 heavy (non-hydrogen) atoms. The molecule has 0 spiro atoms. The van der Waals surface area contributed by atoms with E-state index < -0.39 is 0 Å². The van der Waals surface area contributed by atoms with Gasteiger partial charge in [0.05, 0.1) is 6.61 Å². The second-order valence-electron chi connectivity index (χ2n) is 3.01. The Hall–Kier alpha value is -1.35. The molecule has 0 aliphatic carbocycles. The normalized spacial score (nSPS) is 9.86. The molecule has 0 N–H and O–H groups in total. The van der Waals surface area contributed by atoms with Gasteiger partial charge in [-0.15, -0.1) is 0 Å². The average molecular weight is 192 g/mol. The molecule has 75 valence electrons. The highest BCUT2D eigenvalue weighted by atomic mass is 16.5. The number of benzene rings is 1. The third-order valence-electron chi connectivity index (χ3n) is 1.94. The number of carbonyl (C=O) groups excluding carboxylic acids is 1. The maximum Gasteiger partial charge on any atom is 0.253 e. The Labute approximate surface area is 84.3 Å². The standard InChI is InChI=1S/C11H14NO2/c1-12(8-9-14-2)11(13)10-6-4-3-5-7-10/h4-7H,8-9H2,1-2H3. The summed E-state index contributed by atoms with van der Waals surface area (Å²) >= 11 is 0. The summed E-state index contributed by atoms with van der Waals surface area (Å²) < 4.78 is 4.90. The highest BCUT2D eigenvalue weighted by Gasteiger charge is 2.09. The number of likely N-dealkylation sites (N-methyl/N-ethyl adjacent to an activating group) is 1. The summed E-state index contributed by atoms with van der Waals surface area (Å²) in [5.41, 5.74) is 0.683. The molecular formula is C11H14NO2. The van der Waals surface area contributed by atoms with Crippen LogP contribution in [0.15, 0.2) is 24.3 Å². The monoisotopic (exact) mass is 192 g/mol. The van der Waals surface area contributed by atoms with Crippen molar-refractivity contribution in [2.24, 2.45) is 0 Å². The van der Waals surface area contributed by atoms with Crippen molar-refractivity contribution in [1.29, 1.82) is 0 Å². The van der Waals surface area contributed by atoms with Crippen LogP contribution in [-0.4, -0.2) is 38.1 Å². The number of ether oxygens (including phenoxy) is 1. The van der Waals surface area contributed by atoms with Gasteiger partial charge in [-0.05, 0) is 18.2 Å². The van der Waals surface area contributed by atoms with Gasteiger partial charge in [-0.25, -0.2) is 0 Å². The van der Waals surface area contributed by atoms with E-state index >= 15 is 0 Å². The summed E-state index contributed by atoms with van der Waals surface area (Å²) in [5.74, 6) is 0.0102. The van der Waals surface area contributed by atoms with Crippen molar-refractivity contribution in [1.82, 2.24) is 4.90 Å². The van der Waals surface area contributed by atoms with Crippen molar-refractivity contribution < 1.29 is 9.53 Å². The first-order valence-corrected chi connectivity index (χ1v) is 4.46. The lowest BCUT2D eigenvalue weighted by Crippen LogP contribution is -2.29. The Bertz CT molecular complexity index is 285. The third-order valence-corrected chi connectivity index (χ3v) is 1.94. The minimum atomic E-state index is 0.0102. The number of amides is 1. The number of nitrogens with zero attached hydrogens (tertiary/aromatic N) is 1. The molecule has 1 rings (SSSR count). The fourth-order valence-corrected chi connectivity index (χ4v) is 1.08. The van der Waals surface area contributed by atoms with Gasteiger partial charge < -0.3 is 9.64 Å². The minimum absolute atomic E-state index is 0.0102. The number of hydrogen-bond donors (Lipinski definition) is 0. The predicted octanol–water partition coefficient (Wildman–Crippen LogP) is 1.21. The van der Waals surface area contributed by atoms with Crippen LogP contribution in [0.1, 0.15) is 10.4 Å². The molecule has 0 saturated heterocycles. The van der Waals surface area contributed by atoms with E-state index in [1.807, 2.05) is 0 Å². The van der Waals surface area contributed by atoms with Crippen LogP contribution in [0.2, 0.25) is 0 Å². The van der Waals surface area contributed by atoms with Crippen molar-refractivity contribution in [3.8, 4) is 0 Å². The van der Waals surface area contributed by atoms with Crippen molar-refractivity contribution in [3.63, 3.8) is 0 Å². The number of hydrogen-bond acceptors (Lipinski definition) is 2. The van der Waals surface area contributed by atoms with Gasteiger partial charge in [0.2, 0.25) is 0 Å². The lowest BCUT2D eigenvalue weighted by molar-refractivity contribution is 0.0744. The zero-order valence-corrected chi connectivity index (χ0v) is 8.49. The van der Waals surface area contributed by atoms with E-state index in [2.05, 4.69) is 6.07 Å². The average Bonchev–Trinajstić information content (AvgIpc) is 2.26. The second kappa shape index (κ2) is 5.40. The summed E-state index contributed by atoms with van der Waals surface area (Å²) in [6, 6.07) is 9.85. The Morgan fingerprint density at radius 2 is 2.14 bits per heavy atom. The van der Waals surface area contributed by atoms with Crippen LogP contribution in [0.25, 0.3) is 0 Å². The molecule has 0 aliphatic heterocycles. The maximum atomic E-state index is 11.7. The summed E-state index contributed by atoms with van der Waals surface area (Å²) in [6.45, 7) is 1.16. The number of carbonyl (C=O) groups is 1. The predicted molar refractivity (Wildman–Crippen MR) is 54.1 cm³/mol. The molecular weight excluding hydrogens is 178 g/mol. The molecule has 0 aromatic heterocycles. The molecule has 0 atom stereocenters. The van der Waals surface area contributed by atoms with Gasteiger partial charge in [0.25, 0.3) is 5.91 Å². The molecule has 0 saturated carbocycles. The first-order chi connectivity index (χ1) is 6.75. The molecule has 0 unspecified atom stereocenters. The number of methoxy groups -OCH3 is 1. The molecule has 1 aromatic rings. The second-order valence-corrected chi connectivity index (χ2v) is 3.01. The van der Waals surface area contributed by atoms with Gasteiger partial charge in [0.15, 0.2) is 0 Å². The van der Waals surface area contributed by atoms with Gasteiger partial charge in [-0.3, -0.25) is 4.79 Å². The largest absolute Gasteiger partial charge is 0.383 e. The lowest BCUT2D eigenvalue weighted by atomic mass is 10.2. The smallest absolute Gasteiger partial charge is 0.253 e. The van der Waals surface area contributed by atoms with E-state index in [1.54, 1.807) is 43.3 Å². The topological polar surface area (TPSA) is 29.5 Å². The first-order valence-electron chi connectivity index (χ1n) is 4.46. The summed E-state index contributed by atoms with van der Waals surface area (Å²) in [5, 5.41) is 0. The van der Waals surface area contributed by atoms with Crippen LogP contribution in [-0.2, 0) is 4.74 Å². The van der Waals surface area contributed by atoms with Crippen LogP contribution < -0.4 is 0 Å². The SMILES string of the molecule is COCCN(C)C(=O)c1cc[c]cc1. The number of rotatable bonds is 4. The van der Waals surface area contributed by atoms with Crippen molar-refractivity contribution in [2.45, 2.75) is 0 Å². The molecule has 1 amide bonds. The van der Waals surface area contributed by atoms with Crippen molar-refractivity contribution in [3.05, 3.63) is 35.9 Å². The molecule has 3 heteroatoms. The van der Waals surface area contributed by atoms with Crippen LogP contribution in [0, 0.1) is 6.07 Å². The summed E-state index contributed by atoms with van der Waals surface area (Å²) in [7, 11) is 3.38. The Kier molecular flexibility index (Phi) is 4.13. The lowest BCUT2D eigenvalue weighted by Gasteiger charge is -2.16. The van der Waals surface area contributed by atoms with E-state index in [9.17, 15) is 4.79 Å². The van der Waals surface area contributed by atoms with Crippen molar-refractivity contribution >= 4 is 5.91 Å². The molecule has 1 aromatic carbocycles. The van der Waals surface area contributed by atoms with Crippen LogP contribution in [0.5, 0.6) is 0 Å². The van der Waals surface area contributed by atoms with E-state index in [4.69, 9.17) is 4.74 Å². The van der Waals surface area contributed by atoms with Gasteiger partial charge in [0.1, 0.15) is 0 Å². The van der Waals surface area contributed by atoms with E-state index in [1.165, 1.54) is 0 Å². The van der Waals surface area contributed by atoms with Gasteiger partial charge >= 0.3 is 0 Å². The Morgan fingerprint density at radius 3 is 2.71 bits per heavy atom. The maximum absolute atomic E-state index is 11.7. The Balaban J connectivity index is 2.57. The fourth-order valence-electron chi connectivity index (χ4n) is 1.08. The van der Waals surface area contributed by atoms with Crippen LogP contribution >= 0.6 is 0 Å². The van der Waals surface area contributed by atoms with Crippen LogP contribution in [0.4, 0.5) is 0 Å². The zero-order chi connectivity index (χ0) is 10.4. The highest BCUT2D eigenvalue weighted by molar-refractivity contribution is 5.93. The first kappa shape index (κ1) is 10.7. The fraction of sp³-hybridized carbons (Fsp3) is 0.364. The molecule has 0 heterocycles. The van der Waals surface area contributed by atoms with Gasteiger partial charge in [0, 0.05) is 26.3 Å². The van der Waals surface area contributed by atoms with Gasteiger partial charge in [-0.2, -0.15) is 0 Å². The molecule has 3 nitrogen and oxygen atoms in total. The van der Waals surface area contributed by atoms with E-state index in [0.717, 1.165) is 0 Å². The van der Waals surface area contributed by atoms with Crippen molar-refractivity contribution in [2.75, 3.05) is 27.3 Å². The molecule has 1 radical (unpaired) electrons. The molecule has 0 fully saturated rings. The summed E-state index contributed by atoms with van der Waals surface area (Å²) in [6.07, 6.45) is 0. The minimum Gasteiger partial charge on any atom is -0.383 e. The molecule has 0 bridgehead atoms. The van der Waals surface area contributed by atoms with E-state index in [-0.39, 0.29) is 5.91 Å². The molecule has 0 aliphatic rings. The Morgan fingerprint density at radius 1 is 1.50 bits per heavy atom. The van der Waals surface area contributed by atoms with E-state index in [0.29, 0.717) is 18.7 Å².